The molecule has 0 bridgehead atoms. The Bertz CT molecular complexity index is 541. The van der Waals surface area contributed by atoms with Crippen LogP contribution in [0.15, 0.2) is 22.8 Å². The molecule has 1 aromatic rings. The Morgan fingerprint density at radius 3 is 2.92 bits per heavy atom. The van der Waals surface area contributed by atoms with Crippen LogP contribution in [0.25, 0.3) is 0 Å². The first-order chi connectivity index (χ1) is 11.5. The van der Waals surface area contributed by atoms with Gasteiger partial charge in [-0.15, -0.1) is 0 Å². The minimum Gasteiger partial charge on any atom is -0.467 e. The van der Waals surface area contributed by atoms with Crippen molar-refractivity contribution in [1.29, 1.82) is 0 Å². The molecule has 6 nitrogen and oxygen atoms in total. The fourth-order valence-electron chi connectivity index (χ4n) is 4.06. The molecule has 2 aliphatic carbocycles. The molecule has 0 aliphatic heterocycles. The van der Waals surface area contributed by atoms with Gasteiger partial charge in [0.15, 0.2) is 0 Å². The summed E-state index contributed by atoms with van der Waals surface area (Å²) in [6, 6.07) is 3.36. The molecular weight excluding hydrogens is 308 g/mol. The fourth-order valence-corrected chi connectivity index (χ4v) is 4.06. The number of nitrogens with one attached hydrogen (secondary N) is 2. The third-order valence-corrected chi connectivity index (χ3v) is 5.57. The normalized spacial score (nSPS) is 27.0. The number of furan rings is 1. The number of hydrogen-bond donors (Lipinski definition) is 3. The number of hydrogen-bond acceptors (Lipinski definition) is 4. The lowest BCUT2D eigenvalue weighted by Gasteiger charge is -2.60. The molecule has 2 saturated carbocycles. The monoisotopic (exact) mass is 336 g/mol. The minimum absolute atomic E-state index is 0.148. The average molecular weight is 336 g/mol. The molecule has 6 heteroatoms. The molecule has 4 atom stereocenters. The number of urea groups is 1. The highest BCUT2D eigenvalue weighted by atomic mass is 16.5. The van der Waals surface area contributed by atoms with E-state index in [0.717, 1.165) is 25.9 Å². The van der Waals surface area contributed by atoms with Gasteiger partial charge >= 0.3 is 6.03 Å². The zero-order valence-corrected chi connectivity index (χ0v) is 14.5. The van der Waals surface area contributed by atoms with Crippen molar-refractivity contribution in [3.63, 3.8) is 0 Å². The molecule has 2 amide bonds. The summed E-state index contributed by atoms with van der Waals surface area (Å²) in [5.74, 6) is 0.524. The first kappa shape index (κ1) is 17.3. The number of carbonyl (C=O) groups excluding carboxylic acids is 1. The van der Waals surface area contributed by atoms with Gasteiger partial charge in [-0.3, -0.25) is 0 Å². The van der Waals surface area contributed by atoms with Crippen molar-refractivity contribution >= 4 is 6.03 Å². The molecular formula is C18H28N2O4. The summed E-state index contributed by atoms with van der Waals surface area (Å²) >= 11 is 0. The Morgan fingerprint density at radius 1 is 1.54 bits per heavy atom. The Hall–Kier alpha value is -1.53. The van der Waals surface area contributed by atoms with Crippen LogP contribution in [0.1, 0.15) is 57.8 Å². The second-order valence-corrected chi connectivity index (χ2v) is 7.10. The largest absolute Gasteiger partial charge is 0.467 e. The van der Waals surface area contributed by atoms with Gasteiger partial charge < -0.3 is 24.9 Å². The molecule has 3 rings (SSSR count). The van der Waals surface area contributed by atoms with Gasteiger partial charge in [0.05, 0.1) is 12.4 Å². The van der Waals surface area contributed by atoms with E-state index in [1.165, 1.54) is 12.7 Å². The molecule has 2 aliphatic rings. The van der Waals surface area contributed by atoms with Crippen LogP contribution in [-0.2, 0) is 4.74 Å². The maximum atomic E-state index is 12.2. The summed E-state index contributed by atoms with van der Waals surface area (Å²) in [5, 5.41) is 16.1. The molecule has 2 fully saturated rings. The molecule has 3 N–H and O–H groups in total. The lowest BCUT2D eigenvalue weighted by molar-refractivity contribution is -0.169. The third-order valence-electron chi connectivity index (χ3n) is 5.57. The van der Waals surface area contributed by atoms with Crippen LogP contribution in [0.2, 0.25) is 0 Å². The van der Waals surface area contributed by atoms with Crippen molar-refractivity contribution in [2.24, 2.45) is 5.41 Å². The van der Waals surface area contributed by atoms with Gasteiger partial charge in [0.1, 0.15) is 11.9 Å². The highest BCUT2D eigenvalue weighted by Gasteiger charge is 2.59. The summed E-state index contributed by atoms with van der Waals surface area (Å²) in [6.07, 6.45) is 5.91. The predicted molar refractivity (Wildman–Crippen MR) is 89.5 cm³/mol. The summed E-state index contributed by atoms with van der Waals surface area (Å²) in [6.45, 7) is 4.63. The lowest BCUT2D eigenvalue weighted by Crippen LogP contribution is -2.68. The molecule has 24 heavy (non-hydrogen) atoms. The van der Waals surface area contributed by atoms with Crippen LogP contribution in [0.3, 0.4) is 0 Å². The molecule has 1 heterocycles. The van der Waals surface area contributed by atoms with Crippen molar-refractivity contribution in [1.82, 2.24) is 10.6 Å². The van der Waals surface area contributed by atoms with Gasteiger partial charge in [-0.05, 0) is 45.2 Å². The third kappa shape index (κ3) is 3.30. The van der Waals surface area contributed by atoms with E-state index >= 15 is 0 Å². The predicted octanol–water partition coefficient (Wildman–Crippen LogP) is 2.74. The number of amides is 2. The van der Waals surface area contributed by atoms with Gasteiger partial charge in [-0.2, -0.15) is 0 Å². The Kier molecular flexibility index (Phi) is 5.15. The zero-order chi connectivity index (χ0) is 17.2. The topological polar surface area (TPSA) is 83.7 Å². The number of carbonyl (C=O) groups is 1. The molecule has 134 valence electrons. The van der Waals surface area contributed by atoms with Crippen molar-refractivity contribution in [3.05, 3.63) is 24.2 Å². The summed E-state index contributed by atoms with van der Waals surface area (Å²) < 4.78 is 11.0. The number of aliphatic hydroxyl groups excluding tert-OH is 1. The van der Waals surface area contributed by atoms with E-state index in [-0.39, 0.29) is 23.5 Å². The highest BCUT2D eigenvalue weighted by molar-refractivity contribution is 5.74. The molecule has 0 saturated heterocycles. The van der Waals surface area contributed by atoms with Gasteiger partial charge in [-0.1, -0.05) is 6.42 Å². The standard InChI is InChI=1S/C18H28N2O4/c1-3-23-16-11-15(18(16)7-5-8-18)20-17(22)19-12(2)10-13(21)14-6-4-9-24-14/h4,6,9,12-13,15-16,21H,3,5,7-8,10-11H2,1-2H3,(H2,19,20,22)/t12-,13+,15-,16+/m0/s1. The van der Waals surface area contributed by atoms with Gasteiger partial charge in [0, 0.05) is 30.5 Å². The van der Waals surface area contributed by atoms with Crippen LogP contribution in [-0.4, -0.2) is 35.9 Å². The number of aliphatic hydroxyl groups is 1. The van der Waals surface area contributed by atoms with E-state index < -0.39 is 6.10 Å². The summed E-state index contributed by atoms with van der Waals surface area (Å²) in [5.41, 5.74) is 0.157. The van der Waals surface area contributed by atoms with E-state index in [4.69, 9.17) is 9.15 Å². The first-order valence-electron chi connectivity index (χ1n) is 8.95. The fraction of sp³-hybridized carbons (Fsp3) is 0.722. The molecule has 0 unspecified atom stereocenters. The quantitative estimate of drug-likeness (QED) is 0.715. The molecule has 0 radical (unpaired) electrons. The number of rotatable bonds is 7. The van der Waals surface area contributed by atoms with Crippen molar-refractivity contribution in [3.8, 4) is 0 Å². The average Bonchev–Trinajstić information content (AvgIpc) is 2.98. The first-order valence-corrected chi connectivity index (χ1v) is 8.95. The van der Waals surface area contributed by atoms with Gasteiger partial charge in [-0.25, -0.2) is 4.79 Å². The van der Waals surface area contributed by atoms with Crippen LogP contribution < -0.4 is 10.6 Å². The lowest BCUT2D eigenvalue weighted by atomic mass is 9.51. The minimum atomic E-state index is -0.709. The Balaban J connectivity index is 1.44. The van der Waals surface area contributed by atoms with Crippen LogP contribution >= 0.6 is 0 Å². The molecule has 0 aromatic carbocycles. The van der Waals surface area contributed by atoms with E-state index in [1.807, 2.05) is 13.8 Å². The van der Waals surface area contributed by atoms with E-state index in [2.05, 4.69) is 10.6 Å². The van der Waals surface area contributed by atoms with E-state index in [0.29, 0.717) is 18.3 Å². The number of ether oxygens (including phenoxy) is 1. The van der Waals surface area contributed by atoms with E-state index in [1.54, 1.807) is 12.1 Å². The summed E-state index contributed by atoms with van der Waals surface area (Å²) in [7, 11) is 0. The SMILES string of the molecule is CCO[C@@H]1C[C@H](NC(=O)N[C@@H](C)C[C@@H](O)c2ccco2)C12CCC2. The molecule has 1 spiro atoms. The Morgan fingerprint density at radius 2 is 2.33 bits per heavy atom. The smallest absolute Gasteiger partial charge is 0.315 e. The second kappa shape index (κ2) is 7.15. The van der Waals surface area contributed by atoms with Gasteiger partial charge in [0.2, 0.25) is 0 Å². The highest BCUT2D eigenvalue weighted by Crippen LogP contribution is 2.57. The zero-order valence-electron chi connectivity index (χ0n) is 14.5. The van der Waals surface area contributed by atoms with Gasteiger partial charge in [0.25, 0.3) is 0 Å². The molecule has 1 aromatic heterocycles. The van der Waals surface area contributed by atoms with Crippen LogP contribution in [0.5, 0.6) is 0 Å². The van der Waals surface area contributed by atoms with Crippen LogP contribution in [0, 0.1) is 5.41 Å². The van der Waals surface area contributed by atoms with Crippen molar-refractivity contribution in [2.45, 2.75) is 70.2 Å². The Labute approximate surface area is 142 Å². The van der Waals surface area contributed by atoms with Crippen molar-refractivity contribution < 1.29 is 19.1 Å². The van der Waals surface area contributed by atoms with E-state index in [9.17, 15) is 9.90 Å². The maximum Gasteiger partial charge on any atom is 0.315 e. The summed E-state index contributed by atoms with van der Waals surface area (Å²) in [4.78, 5) is 12.2. The second-order valence-electron chi connectivity index (χ2n) is 7.10. The maximum absolute atomic E-state index is 12.2. The van der Waals surface area contributed by atoms with Crippen LogP contribution in [0.4, 0.5) is 4.79 Å². The van der Waals surface area contributed by atoms with Crippen molar-refractivity contribution in [2.75, 3.05) is 6.61 Å².